The van der Waals surface area contributed by atoms with E-state index >= 15 is 0 Å². The lowest BCUT2D eigenvalue weighted by molar-refractivity contribution is 0.414. The third-order valence-electron chi connectivity index (χ3n) is 4.25. The van der Waals surface area contributed by atoms with Crippen molar-refractivity contribution in [2.24, 2.45) is 0 Å². The molecule has 0 aliphatic carbocycles. The van der Waals surface area contributed by atoms with Gasteiger partial charge in [-0.25, -0.2) is 4.98 Å². The van der Waals surface area contributed by atoms with E-state index in [1.54, 1.807) is 14.2 Å². The summed E-state index contributed by atoms with van der Waals surface area (Å²) in [6.07, 6.45) is 0. The molecular weight excluding hydrogens is 334 g/mol. The fraction of sp³-hybridized carbons (Fsp3) is 0.316. The van der Waals surface area contributed by atoms with Crippen molar-refractivity contribution in [3.05, 3.63) is 47.3 Å². The minimum Gasteiger partial charge on any atom is -0.497 e. The molecule has 1 aromatic heterocycles. The van der Waals surface area contributed by atoms with Crippen LogP contribution in [0.1, 0.15) is 22.2 Å². The molecule has 0 spiro atoms. The highest BCUT2D eigenvalue weighted by molar-refractivity contribution is 7.80. The first-order chi connectivity index (χ1) is 11.9. The van der Waals surface area contributed by atoms with Crippen molar-refractivity contribution in [1.29, 1.82) is 0 Å². The normalized spacial score (nSPS) is 12.2. The topological polar surface area (TPSA) is 50.4 Å². The summed E-state index contributed by atoms with van der Waals surface area (Å²) in [7, 11) is 7.39. The molecule has 1 heterocycles. The molecule has 1 unspecified atom stereocenters. The number of aromatic amines is 1. The Morgan fingerprint density at radius 2 is 1.80 bits per heavy atom. The van der Waals surface area contributed by atoms with Crippen molar-refractivity contribution in [1.82, 2.24) is 9.97 Å². The lowest BCUT2D eigenvalue weighted by atomic mass is 10.0. The predicted molar refractivity (Wildman–Crippen MR) is 106 cm³/mol. The molecule has 0 saturated carbocycles. The zero-order valence-corrected chi connectivity index (χ0v) is 16.0. The number of ether oxygens (including phenoxy) is 2. The average molecular weight is 357 g/mol. The van der Waals surface area contributed by atoms with Crippen LogP contribution in [-0.2, 0) is 0 Å². The maximum atomic E-state index is 5.45. The number of benzene rings is 2. The van der Waals surface area contributed by atoms with E-state index in [0.29, 0.717) is 0 Å². The molecule has 0 aliphatic heterocycles. The van der Waals surface area contributed by atoms with Gasteiger partial charge in [-0.3, -0.25) is 0 Å². The second kappa shape index (κ2) is 6.88. The second-order valence-corrected chi connectivity index (χ2v) is 6.70. The number of hydrogen-bond acceptors (Lipinski definition) is 5. The van der Waals surface area contributed by atoms with Crippen LogP contribution in [0.5, 0.6) is 11.5 Å². The van der Waals surface area contributed by atoms with Crippen LogP contribution in [0.3, 0.4) is 0 Å². The van der Waals surface area contributed by atoms with Crippen molar-refractivity contribution in [2.75, 3.05) is 33.2 Å². The highest BCUT2D eigenvalue weighted by atomic mass is 32.1. The largest absolute Gasteiger partial charge is 0.497 e. The van der Waals surface area contributed by atoms with Crippen molar-refractivity contribution in [3.8, 4) is 11.5 Å². The predicted octanol–water partition coefficient (Wildman–Crippen LogP) is 3.97. The van der Waals surface area contributed by atoms with Crippen LogP contribution in [0.2, 0.25) is 0 Å². The summed E-state index contributed by atoms with van der Waals surface area (Å²) in [5.74, 6) is 2.40. The molecule has 6 heteroatoms. The summed E-state index contributed by atoms with van der Waals surface area (Å²) in [4.78, 5) is 10.2. The van der Waals surface area contributed by atoms with Crippen molar-refractivity contribution in [2.45, 2.75) is 12.2 Å². The van der Waals surface area contributed by atoms with Gasteiger partial charge in [-0.1, -0.05) is 0 Å². The molecule has 0 amide bonds. The van der Waals surface area contributed by atoms with E-state index in [-0.39, 0.29) is 5.25 Å². The van der Waals surface area contributed by atoms with E-state index in [2.05, 4.69) is 16.8 Å². The summed E-state index contributed by atoms with van der Waals surface area (Å²) in [5, 5.41) is -0.204. The van der Waals surface area contributed by atoms with Crippen LogP contribution in [0, 0.1) is 6.92 Å². The number of hydrogen-bond donors (Lipinski definition) is 2. The molecule has 0 radical (unpaired) electrons. The van der Waals surface area contributed by atoms with Gasteiger partial charge in [0.1, 0.15) is 17.3 Å². The number of fused-ring (bicyclic) bond motifs is 1. The monoisotopic (exact) mass is 357 g/mol. The van der Waals surface area contributed by atoms with Gasteiger partial charge in [-0.05, 0) is 42.3 Å². The summed E-state index contributed by atoms with van der Waals surface area (Å²) in [6.45, 7) is 2.07. The molecule has 0 aliphatic rings. The smallest absolute Gasteiger partial charge is 0.124 e. The van der Waals surface area contributed by atoms with E-state index < -0.39 is 0 Å². The maximum absolute atomic E-state index is 5.45. The molecule has 3 rings (SSSR count). The Labute approximate surface area is 153 Å². The quantitative estimate of drug-likeness (QED) is 0.678. The van der Waals surface area contributed by atoms with E-state index in [0.717, 1.165) is 45.2 Å². The number of nitrogens with one attached hydrogen (secondary N) is 1. The maximum Gasteiger partial charge on any atom is 0.124 e. The Hall–Kier alpha value is -2.34. The first-order valence-corrected chi connectivity index (χ1v) is 8.53. The Bertz CT molecular complexity index is 905. The average Bonchev–Trinajstić information content (AvgIpc) is 3.02. The van der Waals surface area contributed by atoms with Gasteiger partial charge < -0.3 is 19.4 Å². The molecule has 1 N–H and O–H groups in total. The van der Waals surface area contributed by atoms with Gasteiger partial charge >= 0.3 is 0 Å². The second-order valence-electron chi connectivity index (χ2n) is 6.18. The van der Waals surface area contributed by atoms with E-state index in [4.69, 9.17) is 27.1 Å². The van der Waals surface area contributed by atoms with Crippen molar-refractivity contribution < 1.29 is 9.47 Å². The third-order valence-corrected chi connectivity index (χ3v) is 4.77. The lowest BCUT2D eigenvalue weighted by Gasteiger charge is -2.23. The molecule has 132 valence electrons. The zero-order chi connectivity index (χ0) is 18.1. The van der Waals surface area contributed by atoms with E-state index in [9.17, 15) is 0 Å². The van der Waals surface area contributed by atoms with E-state index in [1.165, 1.54) is 0 Å². The number of methoxy groups -OCH3 is 2. The fourth-order valence-corrected chi connectivity index (χ4v) is 3.44. The van der Waals surface area contributed by atoms with Crippen LogP contribution in [0.25, 0.3) is 11.0 Å². The van der Waals surface area contributed by atoms with Gasteiger partial charge in [-0.15, -0.1) is 0 Å². The van der Waals surface area contributed by atoms with Crippen LogP contribution in [-0.4, -0.2) is 38.3 Å². The molecule has 0 fully saturated rings. The van der Waals surface area contributed by atoms with Gasteiger partial charge in [0, 0.05) is 25.8 Å². The summed E-state index contributed by atoms with van der Waals surface area (Å²) < 4.78 is 10.7. The number of anilines is 1. The van der Waals surface area contributed by atoms with Gasteiger partial charge in [-0.2, -0.15) is 12.6 Å². The summed E-state index contributed by atoms with van der Waals surface area (Å²) in [6, 6.07) is 9.84. The Kier molecular flexibility index (Phi) is 4.81. The minimum atomic E-state index is -0.204. The number of rotatable bonds is 5. The van der Waals surface area contributed by atoms with Crippen LogP contribution < -0.4 is 14.4 Å². The lowest BCUT2D eigenvalue weighted by Crippen LogP contribution is -2.14. The molecule has 0 saturated heterocycles. The van der Waals surface area contributed by atoms with Gasteiger partial charge in [0.25, 0.3) is 0 Å². The number of imidazole rings is 1. The number of aryl methyl sites for hydroxylation is 1. The van der Waals surface area contributed by atoms with Gasteiger partial charge in [0.2, 0.25) is 0 Å². The molecule has 0 bridgehead atoms. The summed E-state index contributed by atoms with van der Waals surface area (Å²) >= 11 is 4.86. The van der Waals surface area contributed by atoms with E-state index in [1.807, 2.05) is 44.4 Å². The first kappa shape index (κ1) is 17.5. The fourth-order valence-electron chi connectivity index (χ4n) is 3.12. The number of H-pyrrole nitrogens is 1. The first-order valence-electron chi connectivity index (χ1n) is 8.02. The molecule has 1 atom stereocenters. The highest BCUT2D eigenvalue weighted by Gasteiger charge is 2.21. The zero-order valence-electron chi connectivity index (χ0n) is 15.1. The van der Waals surface area contributed by atoms with Crippen LogP contribution >= 0.6 is 12.6 Å². The van der Waals surface area contributed by atoms with Crippen molar-refractivity contribution >= 4 is 29.3 Å². The molecule has 25 heavy (non-hydrogen) atoms. The molecule has 2 aromatic carbocycles. The van der Waals surface area contributed by atoms with Gasteiger partial charge in [0.15, 0.2) is 0 Å². The SMILES string of the molecule is COc1cc(C)c(N(C)C)c(C(S)c2nc3ccc(OC)cc3[nH]2)c1. The molecule has 5 nitrogen and oxygen atoms in total. The Morgan fingerprint density at radius 3 is 2.44 bits per heavy atom. The highest BCUT2D eigenvalue weighted by Crippen LogP contribution is 2.38. The Morgan fingerprint density at radius 1 is 1.08 bits per heavy atom. The van der Waals surface area contributed by atoms with Gasteiger partial charge in [0.05, 0.1) is 30.5 Å². The number of aromatic nitrogens is 2. The third kappa shape index (κ3) is 3.26. The molecular formula is C19H23N3O2S. The van der Waals surface area contributed by atoms with Crippen molar-refractivity contribution in [3.63, 3.8) is 0 Å². The summed E-state index contributed by atoms with van der Waals surface area (Å²) in [5.41, 5.74) is 5.13. The standard InChI is InChI=1S/C19H23N3O2S/c1-11-8-13(24-5)9-14(17(11)22(2)3)18(25)19-20-15-7-6-12(23-4)10-16(15)21-19/h6-10,18,25H,1-5H3,(H,20,21). The Balaban J connectivity index is 2.11. The van der Waals surface area contributed by atoms with Crippen LogP contribution in [0.4, 0.5) is 5.69 Å². The van der Waals surface area contributed by atoms with Crippen LogP contribution in [0.15, 0.2) is 30.3 Å². The molecule has 3 aromatic rings. The minimum absolute atomic E-state index is 0.204. The number of thiol groups is 1. The number of nitrogens with zero attached hydrogens (tertiary/aromatic N) is 2.